The van der Waals surface area contributed by atoms with E-state index in [-0.39, 0.29) is 29.6 Å². The first-order valence-corrected chi connectivity index (χ1v) is 7.79. The van der Waals surface area contributed by atoms with Gasteiger partial charge in [0.05, 0.1) is 6.20 Å². The number of hydrogen-bond donors (Lipinski definition) is 1. The Bertz CT molecular complexity index is 767. The van der Waals surface area contributed by atoms with E-state index < -0.39 is 0 Å². The molecule has 0 unspecified atom stereocenters. The summed E-state index contributed by atoms with van der Waals surface area (Å²) in [5.74, 6) is -0.419. The lowest BCUT2D eigenvalue weighted by Crippen LogP contribution is -2.52. The molecular formula is C17H18N4O3. The van der Waals surface area contributed by atoms with Gasteiger partial charge in [-0.25, -0.2) is 4.98 Å². The summed E-state index contributed by atoms with van der Waals surface area (Å²) >= 11 is 0. The third-order valence-electron chi connectivity index (χ3n) is 4.01. The van der Waals surface area contributed by atoms with Crippen LogP contribution in [0.15, 0.2) is 47.5 Å². The highest BCUT2D eigenvalue weighted by Gasteiger charge is 2.28. The van der Waals surface area contributed by atoms with Crippen LogP contribution in [0.2, 0.25) is 0 Å². The van der Waals surface area contributed by atoms with Crippen molar-refractivity contribution in [1.82, 2.24) is 19.8 Å². The minimum atomic E-state index is -0.367. The molecule has 1 aliphatic rings. The van der Waals surface area contributed by atoms with Crippen molar-refractivity contribution in [1.29, 1.82) is 0 Å². The molecule has 1 N–H and O–H groups in total. The number of rotatable bonds is 4. The van der Waals surface area contributed by atoms with Crippen LogP contribution >= 0.6 is 0 Å². The molecule has 1 aromatic heterocycles. The predicted octanol–water partition coefficient (Wildman–Crippen LogP) is 0.297. The standard InChI is InChI=1S/C17H18N4O3/c22-15-11-18-14(10-19-15)17(24)21-9-8-20(16(23)12-21)7-6-13-4-2-1-3-5-13/h1-5,10-11H,6-9,12H2,(H,19,22). The molecule has 0 atom stereocenters. The van der Waals surface area contributed by atoms with Gasteiger partial charge in [-0.15, -0.1) is 0 Å². The molecule has 0 aliphatic carbocycles. The fourth-order valence-electron chi connectivity index (χ4n) is 2.65. The van der Waals surface area contributed by atoms with Crippen LogP contribution in [-0.4, -0.2) is 57.8 Å². The lowest BCUT2D eigenvalue weighted by Gasteiger charge is -2.34. The monoisotopic (exact) mass is 326 g/mol. The van der Waals surface area contributed by atoms with E-state index >= 15 is 0 Å². The number of nitrogens with zero attached hydrogens (tertiary/aromatic N) is 3. The molecule has 0 spiro atoms. The largest absolute Gasteiger partial charge is 0.339 e. The van der Waals surface area contributed by atoms with Gasteiger partial charge in [0.1, 0.15) is 12.2 Å². The van der Waals surface area contributed by atoms with Gasteiger partial charge in [0.2, 0.25) is 5.91 Å². The molecule has 1 aliphatic heterocycles. The first-order chi connectivity index (χ1) is 11.6. The van der Waals surface area contributed by atoms with E-state index in [9.17, 15) is 14.4 Å². The highest BCUT2D eigenvalue weighted by atomic mass is 16.2. The number of piperazine rings is 1. The molecule has 1 fully saturated rings. The summed E-state index contributed by atoms with van der Waals surface area (Å²) in [7, 11) is 0. The number of benzene rings is 1. The highest BCUT2D eigenvalue weighted by Crippen LogP contribution is 2.09. The molecule has 24 heavy (non-hydrogen) atoms. The molecular weight excluding hydrogens is 308 g/mol. The van der Waals surface area contributed by atoms with Gasteiger partial charge in [0.15, 0.2) is 0 Å². The normalized spacial score (nSPS) is 14.8. The lowest BCUT2D eigenvalue weighted by atomic mass is 10.1. The number of aromatic nitrogens is 2. The van der Waals surface area contributed by atoms with Crippen molar-refractivity contribution in [3.63, 3.8) is 0 Å². The quantitative estimate of drug-likeness (QED) is 0.875. The molecule has 1 aromatic carbocycles. The first kappa shape index (κ1) is 15.9. The Morgan fingerprint density at radius 1 is 1.17 bits per heavy atom. The number of H-pyrrole nitrogens is 1. The summed E-state index contributed by atoms with van der Waals surface area (Å²) in [6, 6.07) is 9.98. The summed E-state index contributed by atoms with van der Waals surface area (Å²) in [4.78, 5) is 45.0. The van der Waals surface area contributed by atoms with E-state index in [0.717, 1.165) is 12.6 Å². The van der Waals surface area contributed by atoms with Gasteiger partial charge in [-0.05, 0) is 12.0 Å². The second-order valence-corrected chi connectivity index (χ2v) is 5.64. The second-order valence-electron chi connectivity index (χ2n) is 5.64. The summed E-state index contributed by atoms with van der Waals surface area (Å²) < 4.78 is 0. The zero-order valence-corrected chi connectivity index (χ0v) is 13.1. The highest BCUT2D eigenvalue weighted by molar-refractivity contribution is 5.95. The van der Waals surface area contributed by atoms with Crippen LogP contribution in [0.1, 0.15) is 16.1 Å². The summed E-state index contributed by atoms with van der Waals surface area (Å²) in [6.45, 7) is 1.64. The van der Waals surface area contributed by atoms with Gasteiger partial charge in [-0.1, -0.05) is 30.3 Å². The number of amides is 2. The summed E-state index contributed by atoms with van der Waals surface area (Å²) in [5, 5.41) is 0. The third kappa shape index (κ3) is 3.68. The van der Waals surface area contributed by atoms with Crippen LogP contribution < -0.4 is 5.56 Å². The Balaban J connectivity index is 1.56. The molecule has 7 nitrogen and oxygen atoms in total. The zero-order chi connectivity index (χ0) is 16.9. The van der Waals surface area contributed by atoms with Gasteiger partial charge in [0, 0.05) is 25.8 Å². The molecule has 2 aromatic rings. The Morgan fingerprint density at radius 2 is 1.96 bits per heavy atom. The maximum Gasteiger partial charge on any atom is 0.274 e. The summed E-state index contributed by atoms with van der Waals surface area (Å²) in [6.07, 6.45) is 3.13. The van der Waals surface area contributed by atoms with E-state index in [1.807, 2.05) is 30.3 Å². The SMILES string of the molecule is O=C1CN(C(=O)c2c[nH]c(=O)cn2)CCN1CCc1ccccc1. The second kappa shape index (κ2) is 7.08. The lowest BCUT2D eigenvalue weighted by molar-refractivity contribution is -0.134. The van der Waals surface area contributed by atoms with Crippen molar-refractivity contribution in [2.75, 3.05) is 26.2 Å². The molecule has 1 saturated heterocycles. The minimum Gasteiger partial charge on any atom is -0.339 e. The van der Waals surface area contributed by atoms with Crippen LogP contribution in [0.4, 0.5) is 0 Å². The van der Waals surface area contributed by atoms with Crippen LogP contribution in [0.3, 0.4) is 0 Å². The number of carbonyl (C=O) groups is 2. The van der Waals surface area contributed by atoms with Gasteiger partial charge < -0.3 is 14.8 Å². The van der Waals surface area contributed by atoms with E-state index in [1.54, 1.807) is 4.90 Å². The Hall–Kier alpha value is -2.96. The molecule has 0 radical (unpaired) electrons. The van der Waals surface area contributed by atoms with E-state index in [1.165, 1.54) is 16.7 Å². The average molecular weight is 326 g/mol. The van der Waals surface area contributed by atoms with Gasteiger partial charge >= 0.3 is 0 Å². The molecule has 0 bridgehead atoms. The Morgan fingerprint density at radius 3 is 2.62 bits per heavy atom. The Kier molecular flexibility index (Phi) is 4.69. The smallest absolute Gasteiger partial charge is 0.274 e. The van der Waals surface area contributed by atoms with Gasteiger partial charge in [-0.3, -0.25) is 14.4 Å². The van der Waals surface area contributed by atoms with Crippen molar-refractivity contribution >= 4 is 11.8 Å². The molecule has 3 rings (SSSR count). The molecule has 2 heterocycles. The molecule has 2 amide bonds. The summed E-state index contributed by atoms with van der Waals surface area (Å²) in [5.41, 5.74) is 0.953. The van der Waals surface area contributed by atoms with Crippen molar-refractivity contribution in [3.8, 4) is 0 Å². The zero-order valence-electron chi connectivity index (χ0n) is 13.1. The number of carbonyl (C=O) groups excluding carboxylic acids is 2. The van der Waals surface area contributed by atoms with Crippen LogP contribution in [0.5, 0.6) is 0 Å². The molecule has 0 saturated carbocycles. The predicted molar refractivity (Wildman–Crippen MR) is 87.5 cm³/mol. The van der Waals surface area contributed by atoms with Crippen molar-refractivity contribution in [3.05, 3.63) is 64.3 Å². The molecule has 124 valence electrons. The van der Waals surface area contributed by atoms with Crippen LogP contribution in [0.25, 0.3) is 0 Å². The van der Waals surface area contributed by atoms with Crippen molar-refractivity contribution < 1.29 is 9.59 Å². The average Bonchev–Trinajstić information content (AvgIpc) is 2.61. The maximum absolute atomic E-state index is 12.3. The minimum absolute atomic E-state index is 0.0361. The maximum atomic E-state index is 12.3. The van der Waals surface area contributed by atoms with E-state index in [4.69, 9.17) is 0 Å². The number of nitrogens with one attached hydrogen (secondary N) is 1. The van der Waals surface area contributed by atoms with Gasteiger partial charge in [0.25, 0.3) is 11.5 Å². The number of hydrogen-bond acceptors (Lipinski definition) is 4. The van der Waals surface area contributed by atoms with Crippen LogP contribution in [-0.2, 0) is 11.2 Å². The topological polar surface area (TPSA) is 86.4 Å². The van der Waals surface area contributed by atoms with E-state index in [2.05, 4.69) is 9.97 Å². The number of aromatic amines is 1. The third-order valence-corrected chi connectivity index (χ3v) is 4.01. The van der Waals surface area contributed by atoms with Crippen molar-refractivity contribution in [2.45, 2.75) is 6.42 Å². The fraction of sp³-hybridized carbons (Fsp3) is 0.294. The fourth-order valence-corrected chi connectivity index (χ4v) is 2.65. The van der Waals surface area contributed by atoms with Crippen molar-refractivity contribution in [2.24, 2.45) is 0 Å². The van der Waals surface area contributed by atoms with Gasteiger partial charge in [-0.2, -0.15) is 0 Å². The Labute approximate surface area is 138 Å². The van der Waals surface area contributed by atoms with E-state index in [0.29, 0.717) is 19.6 Å². The van der Waals surface area contributed by atoms with Crippen LogP contribution in [0, 0.1) is 0 Å². The molecule has 7 heteroatoms. The first-order valence-electron chi connectivity index (χ1n) is 7.79.